The van der Waals surface area contributed by atoms with Gasteiger partial charge in [-0.3, -0.25) is 0 Å². The van der Waals surface area contributed by atoms with Gasteiger partial charge in [-0.05, 0) is 79.2 Å². The van der Waals surface area contributed by atoms with E-state index in [-0.39, 0.29) is 6.04 Å². The van der Waals surface area contributed by atoms with Gasteiger partial charge in [0.05, 0.1) is 0 Å². The Morgan fingerprint density at radius 2 is 1.52 bits per heavy atom. The average Bonchev–Trinajstić information content (AvgIpc) is 2.46. The number of benzene rings is 1. The zero-order valence-corrected chi connectivity index (χ0v) is 13.4. The third-order valence-corrected chi connectivity index (χ3v) is 6.59. The molecule has 0 radical (unpaired) electrons. The van der Waals surface area contributed by atoms with E-state index in [1.807, 2.05) is 0 Å². The van der Waals surface area contributed by atoms with E-state index in [2.05, 4.69) is 31.2 Å². The van der Waals surface area contributed by atoms with Gasteiger partial charge >= 0.3 is 0 Å². The molecule has 0 heterocycles. The molecule has 5 rings (SSSR count). The summed E-state index contributed by atoms with van der Waals surface area (Å²) in [6, 6.07) is 9.68. The second kappa shape index (κ2) is 5.12. The molecule has 0 unspecified atom stereocenters. The maximum Gasteiger partial charge on any atom is 0.0294 e. The van der Waals surface area contributed by atoms with E-state index in [4.69, 9.17) is 5.73 Å². The lowest BCUT2D eigenvalue weighted by atomic mass is 9.48. The number of nitrogens with two attached hydrogens (primary N) is 1. The van der Waals surface area contributed by atoms with Gasteiger partial charge < -0.3 is 5.73 Å². The topological polar surface area (TPSA) is 26.0 Å². The van der Waals surface area contributed by atoms with E-state index in [1.54, 1.807) is 5.56 Å². The van der Waals surface area contributed by atoms with Crippen LogP contribution in [-0.4, -0.2) is 0 Å². The molecule has 0 aliphatic heterocycles. The van der Waals surface area contributed by atoms with E-state index < -0.39 is 0 Å². The molecule has 4 fully saturated rings. The third-order valence-electron chi connectivity index (χ3n) is 6.59. The summed E-state index contributed by atoms with van der Waals surface area (Å²) in [4.78, 5) is 0. The van der Waals surface area contributed by atoms with E-state index >= 15 is 0 Å². The zero-order chi connectivity index (χ0) is 14.4. The smallest absolute Gasteiger partial charge is 0.0294 e. The zero-order valence-electron chi connectivity index (χ0n) is 13.4. The second-order valence-electron chi connectivity index (χ2n) is 8.22. The highest BCUT2D eigenvalue weighted by atomic mass is 14.6. The molecule has 1 nitrogen and oxygen atoms in total. The minimum atomic E-state index is 0.223. The van der Waals surface area contributed by atoms with Gasteiger partial charge in [-0.15, -0.1) is 0 Å². The molecule has 1 heteroatoms. The quantitative estimate of drug-likeness (QED) is 0.831. The normalized spacial score (nSPS) is 38.7. The molecule has 1 aromatic rings. The van der Waals surface area contributed by atoms with Crippen molar-refractivity contribution in [2.24, 2.45) is 23.5 Å². The maximum absolute atomic E-state index is 6.26. The summed E-state index contributed by atoms with van der Waals surface area (Å²) in [6.07, 6.45) is 11.2. The fraction of sp³-hybridized carbons (Fsp3) is 0.700. The van der Waals surface area contributed by atoms with Crippen molar-refractivity contribution in [3.63, 3.8) is 0 Å². The summed E-state index contributed by atoms with van der Waals surface area (Å²) >= 11 is 0. The first-order valence-electron chi connectivity index (χ1n) is 9.04. The van der Waals surface area contributed by atoms with Crippen molar-refractivity contribution >= 4 is 0 Å². The van der Waals surface area contributed by atoms with Gasteiger partial charge in [0.25, 0.3) is 0 Å². The predicted molar refractivity (Wildman–Crippen MR) is 88.1 cm³/mol. The van der Waals surface area contributed by atoms with Crippen LogP contribution in [0.2, 0.25) is 0 Å². The standard InChI is InChI=1S/C20H29N/c1-2-3-19(21)17-4-6-18(7-5-17)20-11-14-8-15(12-20)10-16(9-14)13-20/h4-7,14-16,19H,2-3,8-13,21H2,1H3/t14?,15?,16?,19-,20?/m0/s1. The highest BCUT2D eigenvalue weighted by Gasteiger charge is 2.51. The maximum atomic E-state index is 6.26. The molecule has 4 aliphatic carbocycles. The van der Waals surface area contributed by atoms with Crippen molar-refractivity contribution in [3.05, 3.63) is 35.4 Å². The summed E-state index contributed by atoms with van der Waals surface area (Å²) in [5.41, 5.74) is 9.74. The molecule has 0 aromatic heterocycles. The van der Waals surface area contributed by atoms with Crippen LogP contribution in [0.4, 0.5) is 0 Å². The molecule has 114 valence electrons. The van der Waals surface area contributed by atoms with Gasteiger partial charge in [0.15, 0.2) is 0 Å². The fourth-order valence-corrected chi connectivity index (χ4v) is 6.03. The van der Waals surface area contributed by atoms with Crippen LogP contribution in [-0.2, 0) is 5.41 Å². The van der Waals surface area contributed by atoms with Crippen LogP contribution in [0, 0.1) is 17.8 Å². The molecule has 1 aromatic carbocycles. The average molecular weight is 283 g/mol. The van der Waals surface area contributed by atoms with E-state index in [0.29, 0.717) is 5.41 Å². The van der Waals surface area contributed by atoms with Crippen LogP contribution < -0.4 is 5.73 Å². The van der Waals surface area contributed by atoms with Crippen molar-refractivity contribution < 1.29 is 0 Å². The minimum Gasteiger partial charge on any atom is -0.324 e. The highest BCUT2D eigenvalue weighted by molar-refractivity contribution is 5.33. The van der Waals surface area contributed by atoms with Crippen molar-refractivity contribution in [2.75, 3.05) is 0 Å². The lowest BCUT2D eigenvalue weighted by Crippen LogP contribution is -2.48. The lowest BCUT2D eigenvalue weighted by Gasteiger charge is -2.57. The molecule has 0 amide bonds. The van der Waals surface area contributed by atoms with Gasteiger partial charge in [-0.2, -0.15) is 0 Å². The Hall–Kier alpha value is -0.820. The first kappa shape index (κ1) is 13.8. The summed E-state index contributed by atoms with van der Waals surface area (Å²) in [5.74, 6) is 3.08. The number of hydrogen-bond donors (Lipinski definition) is 1. The Kier molecular flexibility index (Phi) is 3.37. The Morgan fingerprint density at radius 1 is 1.00 bits per heavy atom. The Morgan fingerprint density at radius 3 is 2.00 bits per heavy atom. The number of hydrogen-bond acceptors (Lipinski definition) is 1. The molecule has 1 atom stereocenters. The summed E-state index contributed by atoms with van der Waals surface area (Å²) in [6.45, 7) is 2.21. The summed E-state index contributed by atoms with van der Waals surface area (Å²) in [7, 11) is 0. The largest absolute Gasteiger partial charge is 0.324 e. The summed E-state index contributed by atoms with van der Waals surface area (Å²) < 4.78 is 0. The van der Waals surface area contributed by atoms with Crippen LogP contribution in [0.5, 0.6) is 0 Å². The molecule has 4 saturated carbocycles. The monoisotopic (exact) mass is 283 g/mol. The van der Waals surface area contributed by atoms with Crippen LogP contribution in [0.15, 0.2) is 24.3 Å². The number of rotatable bonds is 4. The SMILES string of the molecule is CCC[C@H](N)c1ccc(C23CC4CC(CC(C4)C2)C3)cc1. The molecule has 0 spiro atoms. The van der Waals surface area contributed by atoms with Crippen LogP contribution in [0.25, 0.3) is 0 Å². The fourth-order valence-electron chi connectivity index (χ4n) is 6.03. The van der Waals surface area contributed by atoms with Gasteiger partial charge in [-0.1, -0.05) is 37.6 Å². The van der Waals surface area contributed by atoms with Gasteiger partial charge in [0.2, 0.25) is 0 Å². The van der Waals surface area contributed by atoms with Crippen LogP contribution in [0.1, 0.15) is 75.5 Å². The third kappa shape index (κ3) is 2.34. The first-order chi connectivity index (χ1) is 10.2. The van der Waals surface area contributed by atoms with E-state index in [0.717, 1.165) is 30.6 Å². The van der Waals surface area contributed by atoms with Crippen LogP contribution >= 0.6 is 0 Å². The molecule has 0 saturated heterocycles. The predicted octanol–water partition coefficient (Wildman–Crippen LogP) is 4.95. The minimum absolute atomic E-state index is 0.223. The van der Waals surface area contributed by atoms with E-state index in [1.165, 1.54) is 44.1 Å². The van der Waals surface area contributed by atoms with Crippen molar-refractivity contribution in [3.8, 4) is 0 Å². The van der Waals surface area contributed by atoms with Gasteiger partial charge in [0, 0.05) is 6.04 Å². The molecule has 21 heavy (non-hydrogen) atoms. The molecule has 2 N–H and O–H groups in total. The van der Waals surface area contributed by atoms with Gasteiger partial charge in [-0.25, -0.2) is 0 Å². The second-order valence-corrected chi connectivity index (χ2v) is 8.22. The molecular weight excluding hydrogens is 254 g/mol. The molecule has 4 bridgehead atoms. The Labute approximate surface area is 129 Å². The Balaban J connectivity index is 1.59. The van der Waals surface area contributed by atoms with E-state index in [9.17, 15) is 0 Å². The first-order valence-corrected chi connectivity index (χ1v) is 9.04. The van der Waals surface area contributed by atoms with Crippen LogP contribution in [0.3, 0.4) is 0 Å². The Bertz CT molecular complexity index is 466. The van der Waals surface area contributed by atoms with Crippen molar-refractivity contribution in [1.82, 2.24) is 0 Å². The highest BCUT2D eigenvalue weighted by Crippen LogP contribution is 2.60. The molecule has 4 aliphatic rings. The van der Waals surface area contributed by atoms with Crippen molar-refractivity contribution in [2.45, 2.75) is 69.7 Å². The van der Waals surface area contributed by atoms with Gasteiger partial charge in [0.1, 0.15) is 0 Å². The molecular formula is C20H29N. The van der Waals surface area contributed by atoms with Crippen molar-refractivity contribution in [1.29, 1.82) is 0 Å². The summed E-state index contributed by atoms with van der Waals surface area (Å²) in [5, 5.41) is 0. The lowest BCUT2D eigenvalue weighted by molar-refractivity contribution is -0.00519.